The van der Waals surface area contributed by atoms with Gasteiger partial charge in [0.1, 0.15) is 24.4 Å². The number of aliphatic hydroxyl groups is 5. The number of carbonyl (C=O) groups is 1. The van der Waals surface area contributed by atoms with Crippen LogP contribution in [0.25, 0.3) is 0 Å². The second-order valence-electron chi connectivity index (χ2n) is 21.9. The summed E-state index contributed by atoms with van der Waals surface area (Å²) in [5, 5.41) is 54.6. The number of carbonyl (C=O) groups excluding carboxylic acids is 1. The summed E-state index contributed by atoms with van der Waals surface area (Å²) in [7, 11) is 0. The molecule has 9 heteroatoms. The van der Waals surface area contributed by atoms with Crippen molar-refractivity contribution in [2.75, 3.05) is 13.2 Å². The summed E-state index contributed by atoms with van der Waals surface area (Å²) in [5.74, 6) is -0.172. The molecule has 0 aromatic rings. The minimum absolute atomic E-state index is 0.172. The van der Waals surface area contributed by atoms with Gasteiger partial charge in [-0.3, -0.25) is 4.79 Å². The molecular formula is C62H119NO8. The Morgan fingerprint density at radius 3 is 1.14 bits per heavy atom. The first-order chi connectivity index (χ1) is 34.8. The molecule has 1 rings (SSSR count). The highest BCUT2D eigenvalue weighted by Gasteiger charge is 2.44. The molecule has 1 aliphatic heterocycles. The first kappa shape index (κ1) is 67.7. The first-order valence-corrected chi connectivity index (χ1v) is 31.1. The van der Waals surface area contributed by atoms with Crippen LogP contribution in [0.3, 0.4) is 0 Å². The van der Waals surface area contributed by atoms with E-state index in [0.29, 0.717) is 6.42 Å². The van der Waals surface area contributed by atoms with Gasteiger partial charge in [0.15, 0.2) is 6.29 Å². The van der Waals surface area contributed by atoms with Gasteiger partial charge in [0.2, 0.25) is 5.91 Å². The average Bonchev–Trinajstić information content (AvgIpc) is 3.37. The number of amides is 1. The van der Waals surface area contributed by atoms with Crippen LogP contribution >= 0.6 is 0 Å². The molecule has 0 radical (unpaired) electrons. The Hall–Kier alpha value is -1.33. The van der Waals surface area contributed by atoms with E-state index in [4.69, 9.17) is 9.47 Å². The molecule has 1 fully saturated rings. The van der Waals surface area contributed by atoms with Gasteiger partial charge in [0.25, 0.3) is 0 Å². The summed E-state index contributed by atoms with van der Waals surface area (Å²) >= 11 is 0. The summed E-state index contributed by atoms with van der Waals surface area (Å²) in [4.78, 5) is 13.1. The summed E-state index contributed by atoms with van der Waals surface area (Å²) in [6, 6.07) is -0.804. The maximum Gasteiger partial charge on any atom is 0.220 e. The fraction of sp³-hybridized carbons (Fsp3) is 0.919. The molecule has 1 saturated heterocycles. The molecule has 0 aliphatic carbocycles. The van der Waals surface area contributed by atoms with Gasteiger partial charge >= 0.3 is 0 Å². The van der Waals surface area contributed by atoms with Crippen LogP contribution in [-0.2, 0) is 14.3 Å². The van der Waals surface area contributed by atoms with Crippen molar-refractivity contribution in [2.45, 2.75) is 352 Å². The van der Waals surface area contributed by atoms with Crippen molar-refractivity contribution in [2.24, 2.45) is 0 Å². The normalized spacial score (nSPS) is 19.3. The third kappa shape index (κ3) is 41.6. The van der Waals surface area contributed by atoms with Crippen molar-refractivity contribution in [1.29, 1.82) is 0 Å². The maximum absolute atomic E-state index is 13.1. The number of nitrogens with one attached hydrogen (secondary N) is 1. The van der Waals surface area contributed by atoms with E-state index in [2.05, 4.69) is 31.3 Å². The molecule has 7 atom stereocenters. The lowest BCUT2D eigenvalue weighted by atomic mass is 9.99. The molecule has 1 heterocycles. The minimum Gasteiger partial charge on any atom is -0.394 e. The third-order valence-corrected chi connectivity index (χ3v) is 15.0. The molecule has 0 spiro atoms. The van der Waals surface area contributed by atoms with E-state index < -0.39 is 49.5 Å². The van der Waals surface area contributed by atoms with E-state index in [-0.39, 0.29) is 12.5 Å². The monoisotopic (exact) mass is 1010 g/mol. The predicted molar refractivity (Wildman–Crippen MR) is 300 cm³/mol. The van der Waals surface area contributed by atoms with Crippen LogP contribution in [0, 0.1) is 0 Å². The van der Waals surface area contributed by atoms with Crippen LogP contribution in [0.15, 0.2) is 24.3 Å². The van der Waals surface area contributed by atoms with Gasteiger partial charge < -0.3 is 40.3 Å². The summed E-state index contributed by atoms with van der Waals surface area (Å²) in [6.45, 7) is 3.82. The van der Waals surface area contributed by atoms with Crippen molar-refractivity contribution in [1.82, 2.24) is 5.32 Å². The van der Waals surface area contributed by atoms with E-state index in [1.54, 1.807) is 6.08 Å². The SMILES string of the molecule is CCCCCCCCCC/C=C\CCCCCCCCCCCCCCCC(=O)NC(COC1OC(CO)C(O)C(O)C1O)C(O)/C=C/CCCCCCCCCCCCCCCCCCCCCCC. The summed E-state index contributed by atoms with van der Waals surface area (Å²) < 4.78 is 11.3. The van der Waals surface area contributed by atoms with Crippen LogP contribution in [0.5, 0.6) is 0 Å². The highest BCUT2D eigenvalue weighted by molar-refractivity contribution is 5.76. The predicted octanol–water partition coefficient (Wildman–Crippen LogP) is 15.7. The standard InChI is InChI=1S/C62H119NO8/c1-3-5-7-9-11-13-15-17-19-21-23-25-27-28-30-32-34-36-38-40-42-44-46-48-50-52-58(66)63-55(54-70-62-61(69)60(68)59(67)57(53-64)71-62)56(65)51-49-47-45-43-41-39-37-35-33-31-29-26-24-22-20-18-16-14-12-10-8-6-4-2/h21,23,49,51,55-57,59-62,64-65,67-69H,3-20,22,24-48,50,52-54H2,1-2H3,(H,63,66)/b23-21-,51-49+. The molecular weight excluding hydrogens is 887 g/mol. The molecule has 1 aliphatic rings. The first-order valence-electron chi connectivity index (χ1n) is 31.1. The Morgan fingerprint density at radius 2 is 0.789 bits per heavy atom. The molecule has 0 saturated carbocycles. The second-order valence-corrected chi connectivity index (χ2v) is 21.9. The van der Waals surface area contributed by atoms with Gasteiger partial charge in [-0.05, 0) is 44.9 Å². The zero-order valence-electron chi connectivity index (χ0n) is 46.8. The number of unbranched alkanes of at least 4 members (excludes halogenated alkanes) is 42. The van der Waals surface area contributed by atoms with Crippen molar-refractivity contribution >= 4 is 5.91 Å². The van der Waals surface area contributed by atoms with Crippen LogP contribution in [0.1, 0.15) is 309 Å². The highest BCUT2D eigenvalue weighted by atomic mass is 16.7. The van der Waals surface area contributed by atoms with Gasteiger partial charge in [-0.2, -0.15) is 0 Å². The van der Waals surface area contributed by atoms with Crippen molar-refractivity contribution in [3.63, 3.8) is 0 Å². The number of allylic oxidation sites excluding steroid dienone is 3. The topological polar surface area (TPSA) is 149 Å². The number of hydrogen-bond donors (Lipinski definition) is 6. The number of ether oxygens (including phenoxy) is 2. The molecule has 1 amide bonds. The van der Waals surface area contributed by atoms with Gasteiger partial charge in [-0.25, -0.2) is 0 Å². The summed E-state index contributed by atoms with van der Waals surface area (Å²) in [5.41, 5.74) is 0. The molecule has 6 N–H and O–H groups in total. The number of aliphatic hydroxyl groups excluding tert-OH is 5. The largest absolute Gasteiger partial charge is 0.394 e. The van der Waals surface area contributed by atoms with E-state index in [9.17, 15) is 30.3 Å². The van der Waals surface area contributed by atoms with Crippen LogP contribution in [0.2, 0.25) is 0 Å². The van der Waals surface area contributed by atoms with Crippen LogP contribution < -0.4 is 5.32 Å². The number of rotatable bonds is 54. The molecule has 0 aromatic carbocycles. The van der Waals surface area contributed by atoms with Gasteiger partial charge in [0, 0.05) is 6.42 Å². The van der Waals surface area contributed by atoms with E-state index in [1.165, 1.54) is 250 Å². The Balaban J connectivity index is 2.19. The van der Waals surface area contributed by atoms with Gasteiger partial charge in [-0.15, -0.1) is 0 Å². The van der Waals surface area contributed by atoms with Crippen LogP contribution in [0.4, 0.5) is 0 Å². The number of hydrogen-bond acceptors (Lipinski definition) is 8. The fourth-order valence-electron chi connectivity index (χ4n) is 10.1. The van der Waals surface area contributed by atoms with E-state index in [0.717, 1.165) is 38.5 Å². The molecule has 71 heavy (non-hydrogen) atoms. The smallest absolute Gasteiger partial charge is 0.220 e. The summed E-state index contributed by atoms with van der Waals surface area (Å²) in [6.07, 6.45) is 59.7. The van der Waals surface area contributed by atoms with Crippen molar-refractivity contribution < 1.29 is 39.8 Å². The zero-order valence-corrected chi connectivity index (χ0v) is 46.8. The molecule has 0 bridgehead atoms. The maximum atomic E-state index is 13.1. The zero-order chi connectivity index (χ0) is 51.5. The second kappa shape index (κ2) is 52.1. The van der Waals surface area contributed by atoms with Crippen LogP contribution in [-0.4, -0.2) is 87.5 Å². The Bertz CT molecular complexity index is 1170. The Kier molecular flexibility index (Phi) is 49.7. The lowest BCUT2D eigenvalue weighted by Crippen LogP contribution is -2.60. The van der Waals surface area contributed by atoms with Crippen molar-refractivity contribution in [3.05, 3.63) is 24.3 Å². The third-order valence-electron chi connectivity index (χ3n) is 15.0. The van der Waals surface area contributed by atoms with Gasteiger partial charge in [0.05, 0.1) is 25.4 Å². The minimum atomic E-state index is -1.57. The molecule has 420 valence electrons. The highest BCUT2D eigenvalue weighted by Crippen LogP contribution is 2.23. The van der Waals surface area contributed by atoms with E-state index >= 15 is 0 Å². The molecule has 9 nitrogen and oxygen atoms in total. The molecule has 7 unspecified atom stereocenters. The quantitative estimate of drug-likeness (QED) is 0.0261. The van der Waals surface area contributed by atoms with E-state index in [1.807, 2.05) is 6.08 Å². The molecule has 0 aromatic heterocycles. The Labute approximate surface area is 439 Å². The lowest BCUT2D eigenvalue weighted by molar-refractivity contribution is -0.302. The van der Waals surface area contributed by atoms with Crippen molar-refractivity contribution in [3.8, 4) is 0 Å². The Morgan fingerprint density at radius 1 is 0.465 bits per heavy atom. The fourth-order valence-corrected chi connectivity index (χ4v) is 10.1. The van der Waals surface area contributed by atoms with Gasteiger partial charge in [-0.1, -0.05) is 282 Å². The lowest BCUT2D eigenvalue weighted by Gasteiger charge is -2.40. The average molecular weight is 1010 g/mol.